The second-order valence-electron chi connectivity index (χ2n) is 3.85. The smallest absolute Gasteiger partial charge is 0.205 e. The molecule has 1 saturated carbocycles. The van der Waals surface area contributed by atoms with Crippen molar-refractivity contribution in [3.63, 3.8) is 0 Å². The zero-order valence-corrected chi connectivity index (χ0v) is 9.06. The highest BCUT2D eigenvalue weighted by molar-refractivity contribution is 5.35. The Morgan fingerprint density at radius 3 is 3.07 bits per heavy atom. The number of aryl methyl sites for hydroxylation is 1. The Bertz CT molecular complexity index is 359. The lowest BCUT2D eigenvalue weighted by Gasteiger charge is -2.22. The molecule has 80 valence electrons. The monoisotopic (exact) mass is 204 g/mol. The molecule has 1 aliphatic carbocycles. The molecule has 4 heteroatoms. The van der Waals surface area contributed by atoms with Crippen LogP contribution in [0.4, 0.5) is 5.95 Å². The van der Waals surface area contributed by atoms with Gasteiger partial charge in [0.15, 0.2) is 0 Å². The Morgan fingerprint density at radius 1 is 1.67 bits per heavy atom. The molecule has 0 atom stereocenters. The molecule has 4 nitrogen and oxygen atoms in total. The van der Waals surface area contributed by atoms with E-state index in [1.54, 1.807) is 0 Å². The highest BCUT2D eigenvalue weighted by Crippen LogP contribution is 2.30. The zero-order chi connectivity index (χ0) is 10.7. The topological polar surface area (TPSA) is 44.9 Å². The average Bonchev–Trinajstić information content (AvgIpc) is 2.97. The number of rotatable bonds is 5. The molecule has 15 heavy (non-hydrogen) atoms. The largest absolute Gasteiger partial charge is 0.338 e. The summed E-state index contributed by atoms with van der Waals surface area (Å²) < 4.78 is 2.13. The van der Waals surface area contributed by atoms with Crippen LogP contribution in [0.2, 0.25) is 0 Å². The maximum atomic E-state index is 8.64. The summed E-state index contributed by atoms with van der Waals surface area (Å²) in [5, 5.41) is 8.64. The van der Waals surface area contributed by atoms with Gasteiger partial charge in [-0.15, -0.1) is 0 Å². The first-order chi connectivity index (χ1) is 7.36. The van der Waals surface area contributed by atoms with Gasteiger partial charge in [-0.25, -0.2) is 4.98 Å². The van der Waals surface area contributed by atoms with E-state index in [4.69, 9.17) is 5.26 Å². The summed E-state index contributed by atoms with van der Waals surface area (Å²) >= 11 is 0. The molecule has 1 aliphatic rings. The minimum absolute atomic E-state index is 0.576. The van der Waals surface area contributed by atoms with Crippen LogP contribution in [-0.2, 0) is 6.54 Å². The van der Waals surface area contributed by atoms with Crippen molar-refractivity contribution in [2.45, 2.75) is 38.8 Å². The van der Waals surface area contributed by atoms with Gasteiger partial charge in [0.05, 0.1) is 12.5 Å². The maximum absolute atomic E-state index is 8.64. The molecule has 0 unspecified atom stereocenters. The van der Waals surface area contributed by atoms with Crippen molar-refractivity contribution in [2.24, 2.45) is 0 Å². The summed E-state index contributed by atoms with van der Waals surface area (Å²) in [6.45, 7) is 3.85. The van der Waals surface area contributed by atoms with Gasteiger partial charge in [-0.05, 0) is 19.8 Å². The van der Waals surface area contributed by atoms with Gasteiger partial charge < -0.3 is 9.47 Å². The molecule has 1 aromatic heterocycles. The van der Waals surface area contributed by atoms with Crippen molar-refractivity contribution < 1.29 is 0 Å². The number of nitrogens with zero attached hydrogens (tertiary/aromatic N) is 4. The number of anilines is 1. The molecule has 0 N–H and O–H groups in total. The van der Waals surface area contributed by atoms with Gasteiger partial charge in [-0.2, -0.15) is 5.26 Å². The van der Waals surface area contributed by atoms with Gasteiger partial charge in [-0.3, -0.25) is 0 Å². The Labute approximate surface area is 90.1 Å². The second kappa shape index (κ2) is 4.35. The molecule has 0 amide bonds. The quantitative estimate of drug-likeness (QED) is 0.734. The molecule has 0 bridgehead atoms. The molecule has 1 heterocycles. The molecular formula is C11H16N4. The lowest BCUT2D eigenvalue weighted by atomic mass is 10.4. The molecule has 1 aromatic rings. The van der Waals surface area contributed by atoms with Gasteiger partial charge in [-0.1, -0.05) is 0 Å². The normalized spacial score (nSPS) is 14.9. The molecule has 1 fully saturated rings. The van der Waals surface area contributed by atoms with Crippen LogP contribution < -0.4 is 4.90 Å². The lowest BCUT2D eigenvalue weighted by Crippen LogP contribution is -2.29. The molecule has 0 radical (unpaired) electrons. The van der Waals surface area contributed by atoms with Crippen molar-refractivity contribution in [1.82, 2.24) is 9.55 Å². The number of nitriles is 1. The highest BCUT2D eigenvalue weighted by atomic mass is 15.3. The number of imidazole rings is 1. The van der Waals surface area contributed by atoms with Gasteiger partial charge in [0.1, 0.15) is 0 Å². The number of hydrogen-bond donors (Lipinski definition) is 0. The van der Waals surface area contributed by atoms with Gasteiger partial charge in [0, 0.05) is 31.5 Å². The van der Waals surface area contributed by atoms with Crippen LogP contribution >= 0.6 is 0 Å². The first-order valence-corrected chi connectivity index (χ1v) is 5.51. The van der Waals surface area contributed by atoms with Crippen molar-refractivity contribution in [1.29, 1.82) is 5.26 Å². The summed E-state index contributed by atoms with van der Waals surface area (Å²) in [5.74, 6) is 1.02. The second-order valence-corrected chi connectivity index (χ2v) is 3.85. The van der Waals surface area contributed by atoms with Crippen LogP contribution in [-0.4, -0.2) is 22.1 Å². The summed E-state index contributed by atoms with van der Waals surface area (Å²) in [6, 6.07) is 2.82. The standard InChI is InChI=1S/C11H16N4/c1-2-14-9-7-13-11(14)15(8-3-6-12)10-4-5-10/h7,9-10H,2-5,8H2,1H3. The van der Waals surface area contributed by atoms with E-state index in [1.807, 2.05) is 12.4 Å². The summed E-state index contributed by atoms with van der Waals surface area (Å²) in [7, 11) is 0. The van der Waals surface area contributed by atoms with Gasteiger partial charge >= 0.3 is 0 Å². The predicted molar refractivity (Wildman–Crippen MR) is 58.5 cm³/mol. The van der Waals surface area contributed by atoms with Crippen molar-refractivity contribution in [3.05, 3.63) is 12.4 Å². The van der Waals surface area contributed by atoms with E-state index in [-0.39, 0.29) is 0 Å². The first-order valence-electron chi connectivity index (χ1n) is 5.51. The third kappa shape index (κ3) is 2.12. The predicted octanol–water partition coefficient (Wildman–Crippen LogP) is 1.79. The molecule has 0 aliphatic heterocycles. The van der Waals surface area contributed by atoms with Crippen molar-refractivity contribution >= 4 is 5.95 Å². The van der Waals surface area contributed by atoms with Crippen LogP contribution in [0.1, 0.15) is 26.2 Å². The van der Waals surface area contributed by atoms with Crippen LogP contribution in [0.3, 0.4) is 0 Å². The Kier molecular flexibility index (Phi) is 2.91. The summed E-state index contributed by atoms with van der Waals surface area (Å²) in [6.07, 6.45) is 6.88. The van der Waals surface area contributed by atoms with Crippen molar-refractivity contribution in [3.8, 4) is 6.07 Å². The minimum Gasteiger partial charge on any atom is -0.338 e. The number of hydrogen-bond acceptors (Lipinski definition) is 3. The highest BCUT2D eigenvalue weighted by Gasteiger charge is 2.30. The maximum Gasteiger partial charge on any atom is 0.205 e. The zero-order valence-electron chi connectivity index (χ0n) is 9.06. The first kappa shape index (κ1) is 10.0. The Hall–Kier alpha value is -1.50. The minimum atomic E-state index is 0.576. The van der Waals surface area contributed by atoms with E-state index in [0.717, 1.165) is 19.0 Å². The van der Waals surface area contributed by atoms with Crippen molar-refractivity contribution in [2.75, 3.05) is 11.4 Å². The lowest BCUT2D eigenvalue weighted by molar-refractivity contribution is 0.687. The van der Waals surface area contributed by atoms with E-state index in [0.29, 0.717) is 12.5 Å². The molecule has 0 saturated heterocycles. The van der Waals surface area contributed by atoms with Crippen LogP contribution in [0.15, 0.2) is 12.4 Å². The van der Waals surface area contributed by atoms with E-state index in [9.17, 15) is 0 Å². The van der Waals surface area contributed by atoms with E-state index >= 15 is 0 Å². The molecule has 2 rings (SSSR count). The fourth-order valence-corrected chi connectivity index (χ4v) is 1.81. The summed E-state index contributed by atoms with van der Waals surface area (Å²) in [4.78, 5) is 6.65. The molecule has 0 aromatic carbocycles. The summed E-state index contributed by atoms with van der Waals surface area (Å²) in [5.41, 5.74) is 0. The third-order valence-electron chi connectivity index (χ3n) is 2.74. The fourth-order valence-electron chi connectivity index (χ4n) is 1.81. The van der Waals surface area contributed by atoms with E-state index in [1.165, 1.54) is 12.8 Å². The van der Waals surface area contributed by atoms with E-state index < -0.39 is 0 Å². The Morgan fingerprint density at radius 2 is 2.47 bits per heavy atom. The molecule has 0 spiro atoms. The third-order valence-corrected chi connectivity index (χ3v) is 2.74. The number of aromatic nitrogens is 2. The SMILES string of the molecule is CCn1ccnc1N(CCC#N)C1CC1. The van der Waals surface area contributed by atoms with Gasteiger partial charge in [0.2, 0.25) is 5.95 Å². The van der Waals surface area contributed by atoms with Crippen LogP contribution in [0.5, 0.6) is 0 Å². The fraction of sp³-hybridized carbons (Fsp3) is 0.636. The molecular weight excluding hydrogens is 188 g/mol. The van der Waals surface area contributed by atoms with Crippen LogP contribution in [0.25, 0.3) is 0 Å². The van der Waals surface area contributed by atoms with Crippen LogP contribution in [0, 0.1) is 11.3 Å². The van der Waals surface area contributed by atoms with Gasteiger partial charge in [0.25, 0.3) is 0 Å². The Balaban J connectivity index is 2.13. The van der Waals surface area contributed by atoms with E-state index in [2.05, 4.69) is 27.4 Å². The average molecular weight is 204 g/mol.